The average molecular weight is 259 g/mol. The number of rotatable bonds is 3. The van der Waals surface area contributed by atoms with Crippen molar-refractivity contribution in [2.24, 2.45) is 0 Å². The van der Waals surface area contributed by atoms with Crippen LogP contribution >= 0.6 is 11.6 Å². The van der Waals surface area contributed by atoms with Crippen molar-refractivity contribution in [1.29, 1.82) is 0 Å². The van der Waals surface area contributed by atoms with E-state index >= 15 is 0 Å². The van der Waals surface area contributed by atoms with Gasteiger partial charge in [-0.05, 0) is 18.2 Å². The number of fused-ring (bicyclic) bond motifs is 1. The maximum atomic E-state index is 6.04. The zero-order chi connectivity index (χ0) is 12.4. The van der Waals surface area contributed by atoms with Crippen LogP contribution in [0.1, 0.15) is 5.69 Å². The molecule has 0 aromatic carbocycles. The lowest BCUT2D eigenvalue weighted by Crippen LogP contribution is -2.00. The van der Waals surface area contributed by atoms with Gasteiger partial charge in [0.05, 0.1) is 29.1 Å². The zero-order valence-corrected chi connectivity index (χ0v) is 10.3. The first kappa shape index (κ1) is 11.0. The van der Waals surface area contributed by atoms with E-state index in [1.807, 2.05) is 35.0 Å². The summed E-state index contributed by atoms with van der Waals surface area (Å²) in [5.41, 5.74) is 2.71. The number of anilines is 1. The lowest BCUT2D eigenvalue weighted by atomic mass is 10.4. The highest BCUT2D eigenvalue weighted by Crippen LogP contribution is 2.19. The van der Waals surface area contributed by atoms with Crippen molar-refractivity contribution in [1.82, 2.24) is 14.4 Å². The van der Waals surface area contributed by atoms with Crippen LogP contribution in [-0.4, -0.2) is 14.4 Å². The minimum Gasteiger partial charge on any atom is -0.377 e. The Hall–Kier alpha value is -2.07. The van der Waals surface area contributed by atoms with Crippen molar-refractivity contribution in [3.8, 4) is 0 Å². The van der Waals surface area contributed by atoms with Crippen LogP contribution in [0.5, 0.6) is 0 Å². The van der Waals surface area contributed by atoms with Gasteiger partial charge in [-0.1, -0.05) is 17.7 Å². The van der Waals surface area contributed by atoms with E-state index in [2.05, 4.69) is 15.3 Å². The van der Waals surface area contributed by atoms with Crippen LogP contribution < -0.4 is 5.32 Å². The molecule has 3 heterocycles. The largest absolute Gasteiger partial charge is 0.377 e. The standard InChI is InChI=1S/C13H11ClN4/c14-11-4-5-15-8-12(11)16-7-10-9-18-6-2-1-3-13(18)17-10/h1-6,8-9,16H,7H2. The fourth-order valence-corrected chi connectivity index (χ4v) is 1.94. The molecule has 0 atom stereocenters. The van der Waals surface area contributed by atoms with E-state index in [9.17, 15) is 0 Å². The molecule has 0 bridgehead atoms. The van der Waals surface area contributed by atoms with E-state index in [0.717, 1.165) is 17.0 Å². The fourth-order valence-electron chi connectivity index (χ4n) is 1.77. The summed E-state index contributed by atoms with van der Waals surface area (Å²) in [6, 6.07) is 7.68. The molecule has 0 amide bonds. The van der Waals surface area contributed by atoms with Crippen molar-refractivity contribution in [2.45, 2.75) is 6.54 Å². The van der Waals surface area contributed by atoms with Crippen molar-refractivity contribution in [3.05, 3.63) is 59.8 Å². The number of halogens is 1. The molecule has 0 unspecified atom stereocenters. The number of hydrogen-bond donors (Lipinski definition) is 1. The molecule has 3 aromatic rings. The van der Waals surface area contributed by atoms with Gasteiger partial charge < -0.3 is 9.72 Å². The van der Waals surface area contributed by atoms with E-state index < -0.39 is 0 Å². The molecular formula is C13H11ClN4. The normalized spacial score (nSPS) is 10.7. The first-order valence-electron chi connectivity index (χ1n) is 5.59. The molecule has 3 rings (SSSR count). The summed E-state index contributed by atoms with van der Waals surface area (Å²) < 4.78 is 1.99. The summed E-state index contributed by atoms with van der Waals surface area (Å²) >= 11 is 6.04. The summed E-state index contributed by atoms with van der Waals surface area (Å²) in [7, 11) is 0. The van der Waals surface area contributed by atoms with Gasteiger partial charge in [-0.15, -0.1) is 0 Å². The van der Waals surface area contributed by atoms with Crippen molar-refractivity contribution in [2.75, 3.05) is 5.32 Å². The van der Waals surface area contributed by atoms with Crippen LogP contribution in [-0.2, 0) is 6.54 Å². The van der Waals surface area contributed by atoms with Crippen LogP contribution in [0, 0.1) is 0 Å². The fraction of sp³-hybridized carbons (Fsp3) is 0.0769. The zero-order valence-electron chi connectivity index (χ0n) is 9.55. The van der Waals surface area contributed by atoms with E-state index in [-0.39, 0.29) is 0 Å². The van der Waals surface area contributed by atoms with Crippen LogP contribution in [0.3, 0.4) is 0 Å². The Morgan fingerprint density at radius 1 is 1.28 bits per heavy atom. The maximum absolute atomic E-state index is 6.04. The second-order valence-corrected chi connectivity index (χ2v) is 4.31. The molecule has 0 aliphatic heterocycles. The summed E-state index contributed by atoms with van der Waals surface area (Å²) in [5, 5.41) is 3.88. The number of nitrogens with zero attached hydrogens (tertiary/aromatic N) is 3. The number of aromatic nitrogens is 3. The first-order chi connectivity index (χ1) is 8.83. The molecular weight excluding hydrogens is 248 g/mol. The highest BCUT2D eigenvalue weighted by atomic mass is 35.5. The Morgan fingerprint density at radius 2 is 2.22 bits per heavy atom. The summed E-state index contributed by atoms with van der Waals surface area (Å²) in [6.07, 6.45) is 7.34. The molecule has 0 radical (unpaired) electrons. The van der Waals surface area contributed by atoms with Gasteiger partial charge in [0.1, 0.15) is 5.65 Å². The molecule has 0 fully saturated rings. The SMILES string of the molecule is Clc1ccncc1NCc1cn2ccccc2n1. The molecule has 5 heteroatoms. The molecule has 0 aliphatic rings. The van der Waals surface area contributed by atoms with Gasteiger partial charge in [0.2, 0.25) is 0 Å². The van der Waals surface area contributed by atoms with Gasteiger partial charge >= 0.3 is 0 Å². The second kappa shape index (κ2) is 4.66. The molecule has 1 N–H and O–H groups in total. The third-order valence-electron chi connectivity index (χ3n) is 2.64. The topological polar surface area (TPSA) is 42.2 Å². The molecule has 0 aliphatic carbocycles. The molecule has 90 valence electrons. The minimum atomic E-state index is 0.618. The number of hydrogen-bond acceptors (Lipinski definition) is 3. The number of nitrogens with one attached hydrogen (secondary N) is 1. The Morgan fingerprint density at radius 3 is 3.06 bits per heavy atom. The molecule has 4 nitrogen and oxygen atoms in total. The second-order valence-electron chi connectivity index (χ2n) is 3.91. The lowest BCUT2D eigenvalue weighted by Gasteiger charge is -2.04. The van der Waals surface area contributed by atoms with Gasteiger partial charge in [0, 0.05) is 18.6 Å². The maximum Gasteiger partial charge on any atom is 0.137 e. The van der Waals surface area contributed by atoms with Crippen LogP contribution in [0.4, 0.5) is 5.69 Å². The predicted molar refractivity (Wildman–Crippen MR) is 71.8 cm³/mol. The van der Waals surface area contributed by atoms with Gasteiger partial charge in [0.15, 0.2) is 0 Å². The average Bonchev–Trinajstić information content (AvgIpc) is 2.80. The van der Waals surface area contributed by atoms with Crippen molar-refractivity contribution in [3.63, 3.8) is 0 Å². The predicted octanol–water partition coefficient (Wildman–Crippen LogP) is 2.99. The summed E-state index contributed by atoms with van der Waals surface area (Å²) in [5.74, 6) is 0. The van der Waals surface area contributed by atoms with Gasteiger partial charge in [-0.2, -0.15) is 0 Å². The molecule has 0 saturated heterocycles. The highest BCUT2D eigenvalue weighted by molar-refractivity contribution is 6.33. The summed E-state index contributed by atoms with van der Waals surface area (Å²) in [4.78, 5) is 8.52. The molecule has 0 saturated carbocycles. The van der Waals surface area contributed by atoms with Crippen LogP contribution in [0.15, 0.2) is 49.1 Å². The first-order valence-corrected chi connectivity index (χ1v) is 5.97. The van der Waals surface area contributed by atoms with E-state index in [0.29, 0.717) is 11.6 Å². The summed E-state index contributed by atoms with van der Waals surface area (Å²) in [6.45, 7) is 0.618. The molecule has 0 spiro atoms. The molecule has 18 heavy (non-hydrogen) atoms. The Kier molecular flexibility index (Phi) is 2.86. The Bertz CT molecular complexity index is 644. The van der Waals surface area contributed by atoms with Crippen LogP contribution in [0.2, 0.25) is 5.02 Å². The van der Waals surface area contributed by atoms with E-state index in [4.69, 9.17) is 11.6 Å². The Labute approximate surface area is 109 Å². The van der Waals surface area contributed by atoms with E-state index in [1.165, 1.54) is 0 Å². The quantitative estimate of drug-likeness (QED) is 0.785. The number of imidazole rings is 1. The van der Waals surface area contributed by atoms with E-state index in [1.54, 1.807) is 18.5 Å². The van der Waals surface area contributed by atoms with Gasteiger partial charge in [0.25, 0.3) is 0 Å². The highest BCUT2D eigenvalue weighted by Gasteiger charge is 2.02. The lowest BCUT2D eigenvalue weighted by molar-refractivity contribution is 1.07. The Balaban J connectivity index is 1.79. The third-order valence-corrected chi connectivity index (χ3v) is 2.97. The van der Waals surface area contributed by atoms with Gasteiger partial charge in [-0.25, -0.2) is 4.98 Å². The van der Waals surface area contributed by atoms with Crippen molar-refractivity contribution < 1.29 is 0 Å². The third kappa shape index (κ3) is 2.15. The monoisotopic (exact) mass is 258 g/mol. The minimum absolute atomic E-state index is 0.618. The molecule has 3 aromatic heterocycles. The van der Waals surface area contributed by atoms with Gasteiger partial charge in [-0.3, -0.25) is 4.98 Å². The smallest absolute Gasteiger partial charge is 0.137 e. The number of pyridine rings is 2. The van der Waals surface area contributed by atoms with Crippen molar-refractivity contribution >= 4 is 22.9 Å². The van der Waals surface area contributed by atoms with Crippen LogP contribution in [0.25, 0.3) is 5.65 Å².